The third-order valence-corrected chi connectivity index (χ3v) is 4.35. The summed E-state index contributed by atoms with van der Waals surface area (Å²) in [5.41, 5.74) is 4.78. The van der Waals surface area contributed by atoms with Gasteiger partial charge in [0, 0.05) is 18.3 Å². The fourth-order valence-corrected chi connectivity index (χ4v) is 3.68. The van der Waals surface area contributed by atoms with Crippen LogP contribution in [0.15, 0.2) is 18.2 Å². The van der Waals surface area contributed by atoms with Gasteiger partial charge in [-0.05, 0) is 42.7 Å². The van der Waals surface area contributed by atoms with Crippen molar-refractivity contribution < 1.29 is 0 Å². The van der Waals surface area contributed by atoms with Crippen molar-refractivity contribution in [1.82, 2.24) is 0 Å². The number of nitrogens with zero attached hydrogens (tertiary/aromatic N) is 1. The van der Waals surface area contributed by atoms with Gasteiger partial charge in [0.05, 0.1) is 0 Å². The molecule has 0 amide bonds. The molecule has 0 bridgehead atoms. The van der Waals surface area contributed by atoms with E-state index in [9.17, 15) is 0 Å². The number of para-hydroxylation sites is 1. The van der Waals surface area contributed by atoms with Crippen LogP contribution in [0.25, 0.3) is 0 Å². The molecule has 1 nitrogen and oxygen atoms in total. The number of hydrogen-bond donors (Lipinski definition) is 0. The Kier molecular flexibility index (Phi) is 2.42. The van der Waals surface area contributed by atoms with Crippen molar-refractivity contribution in [3.63, 3.8) is 0 Å². The van der Waals surface area contributed by atoms with Gasteiger partial charge >= 0.3 is 0 Å². The Morgan fingerprint density at radius 3 is 2.94 bits per heavy atom. The van der Waals surface area contributed by atoms with E-state index in [-0.39, 0.29) is 0 Å². The van der Waals surface area contributed by atoms with Crippen molar-refractivity contribution in [1.29, 1.82) is 0 Å². The number of aryl methyl sites for hydroxylation is 1. The Labute approximate surface area is 98.5 Å². The molecule has 2 atom stereocenters. The number of benzene rings is 1. The second kappa shape index (κ2) is 3.80. The summed E-state index contributed by atoms with van der Waals surface area (Å²) in [5, 5.41) is 0. The Morgan fingerprint density at radius 1 is 1.31 bits per heavy atom. The molecule has 0 fully saturated rings. The Balaban J connectivity index is 2.11. The Bertz CT molecular complexity index is 396. The van der Waals surface area contributed by atoms with Crippen LogP contribution in [0.4, 0.5) is 5.69 Å². The molecule has 0 radical (unpaired) electrons. The van der Waals surface area contributed by atoms with Crippen molar-refractivity contribution in [2.45, 2.75) is 45.6 Å². The van der Waals surface area contributed by atoms with Crippen molar-refractivity contribution in [3.05, 3.63) is 29.3 Å². The molecule has 1 heteroatoms. The van der Waals surface area contributed by atoms with Gasteiger partial charge in [-0.2, -0.15) is 0 Å². The van der Waals surface area contributed by atoms with E-state index in [0.717, 1.165) is 12.0 Å². The zero-order valence-electron chi connectivity index (χ0n) is 10.4. The third kappa shape index (κ3) is 1.37. The van der Waals surface area contributed by atoms with Crippen LogP contribution in [0.2, 0.25) is 0 Å². The molecule has 1 aromatic rings. The van der Waals surface area contributed by atoms with Crippen LogP contribution in [-0.2, 0) is 12.8 Å². The van der Waals surface area contributed by atoms with Gasteiger partial charge in [0.2, 0.25) is 0 Å². The van der Waals surface area contributed by atoms with Gasteiger partial charge in [0.15, 0.2) is 0 Å². The van der Waals surface area contributed by atoms with Crippen LogP contribution in [0.5, 0.6) is 0 Å². The minimum Gasteiger partial charge on any atom is -0.368 e. The van der Waals surface area contributed by atoms with Gasteiger partial charge in [-0.15, -0.1) is 0 Å². The van der Waals surface area contributed by atoms with Crippen LogP contribution in [0.3, 0.4) is 0 Å². The Hall–Kier alpha value is -0.980. The fourth-order valence-electron chi connectivity index (χ4n) is 3.68. The lowest BCUT2D eigenvalue weighted by Crippen LogP contribution is -2.46. The van der Waals surface area contributed by atoms with Crippen molar-refractivity contribution in [2.24, 2.45) is 5.92 Å². The first-order valence-corrected chi connectivity index (χ1v) is 6.68. The lowest BCUT2D eigenvalue weighted by Gasteiger charge is -2.45. The third-order valence-electron chi connectivity index (χ3n) is 4.35. The highest BCUT2D eigenvalue weighted by molar-refractivity contribution is 5.63. The maximum atomic E-state index is 2.70. The van der Waals surface area contributed by atoms with Crippen LogP contribution >= 0.6 is 0 Å². The van der Waals surface area contributed by atoms with Gasteiger partial charge in [-0.1, -0.05) is 32.0 Å². The van der Waals surface area contributed by atoms with Gasteiger partial charge in [0.25, 0.3) is 0 Å². The quantitative estimate of drug-likeness (QED) is 0.694. The molecule has 2 unspecified atom stereocenters. The number of anilines is 1. The molecule has 0 spiro atoms. The van der Waals surface area contributed by atoms with E-state index in [0.29, 0.717) is 0 Å². The van der Waals surface area contributed by atoms with E-state index in [1.165, 1.54) is 32.2 Å². The van der Waals surface area contributed by atoms with E-state index in [1.54, 1.807) is 16.8 Å². The van der Waals surface area contributed by atoms with Crippen LogP contribution < -0.4 is 4.90 Å². The highest BCUT2D eigenvalue weighted by Crippen LogP contribution is 2.40. The summed E-state index contributed by atoms with van der Waals surface area (Å²) in [7, 11) is 0. The first kappa shape index (κ1) is 10.2. The molecule has 1 aromatic carbocycles. The lowest BCUT2D eigenvalue weighted by molar-refractivity contribution is 0.383. The predicted octanol–water partition coefficient (Wildman–Crippen LogP) is 3.41. The molecule has 0 saturated carbocycles. The summed E-state index contributed by atoms with van der Waals surface area (Å²) in [5.74, 6) is 0.811. The van der Waals surface area contributed by atoms with E-state index in [2.05, 4.69) is 36.9 Å². The summed E-state index contributed by atoms with van der Waals surface area (Å²) in [4.78, 5) is 2.70. The molecule has 2 aliphatic heterocycles. The van der Waals surface area contributed by atoms with Crippen LogP contribution in [0.1, 0.15) is 37.8 Å². The second-order valence-corrected chi connectivity index (χ2v) is 5.38. The average molecular weight is 215 g/mol. The van der Waals surface area contributed by atoms with E-state index in [1.807, 2.05) is 0 Å². The normalized spacial score (nSPS) is 27.8. The maximum Gasteiger partial charge on any atom is 0.0434 e. The summed E-state index contributed by atoms with van der Waals surface area (Å²) >= 11 is 0. The summed E-state index contributed by atoms with van der Waals surface area (Å²) in [6.45, 7) is 6.02. The smallest absolute Gasteiger partial charge is 0.0434 e. The van der Waals surface area contributed by atoms with E-state index >= 15 is 0 Å². The lowest BCUT2D eigenvalue weighted by atomic mass is 9.82. The minimum atomic E-state index is 0.772. The number of rotatable bonds is 1. The SMILES string of the molecule is CCC1C(C)Cc2cccc3c2N1CCC3. The molecule has 86 valence electrons. The molecular weight excluding hydrogens is 194 g/mol. The molecule has 0 aliphatic carbocycles. The first-order chi connectivity index (χ1) is 7.81. The zero-order chi connectivity index (χ0) is 11.1. The molecule has 3 rings (SSSR count). The highest BCUT2D eigenvalue weighted by Gasteiger charge is 2.33. The summed E-state index contributed by atoms with van der Waals surface area (Å²) in [6.07, 6.45) is 5.18. The fraction of sp³-hybridized carbons (Fsp3) is 0.600. The van der Waals surface area contributed by atoms with Crippen molar-refractivity contribution in [2.75, 3.05) is 11.4 Å². The van der Waals surface area contributed by atoms with Gasteiger partial charge in [-0.3, -0.25) is 0 Å². The van der Waals surface area contributed by atoms with E-state index in [4.69, 9.17) is 0 Å². The monoisotopic (exact) mass is 215 g/mol. The van der Waals surface area contributed by atoms with Gasteiger partial charge in [-0.25, -0.2) is 0 Å². The molecule has 2 aliphatic rings. The number of hydrogen-bond acceptors (Lipinski definition) is 1. The molecule has 2 heterocycles. The second-order valence-electron chi connectivity index (χ2n) is 5.38. The van der Waals surface area contributed by atoms with Crippen molar-refractivity contribution in [3.8, 4) is 0 Å². The van der Waals surface area contributed by atoms with E-state index < -0.39 is 0 Å². The molecule has 0 N–H and O–H groups in total. The summed E-state index contributed by atoms with van der Waals surface area (Å²) < 4.78 is 0. The van der Waals surface area contributed by atoms with Crippen LogP contribution in [-0.4, -0.2) is 12.6 Å². The van der Waals surface area contributed by atoms with Gasteiger partial charge < -0.3 is 4.90 Å². The molecule has 0 saturated heterocycles. The Morgan fingerprint density at radius 2 is 2.12 bits per heavy atom. The maximum absolute atomic E-state index is 2.70. The van der Waals surface area contributed by atoms with Crippen LogP contribution in [0, 0.1) is 5.92 Å². The molecule has 16 heavy (non-hydrogen) atoms. The summed E-state index contributed by atoms with van der Waals surface area (Å²) in [6, 6.07) is 7.68. The van der Waals surface area contributed by atoms with Gasteiger partial charge in [0.1, 0.15) is 0 Å². The molecular formula is C15H21N. The zero-order valence-corrected chi connectivity index (χ0v) is 10.4. The molecule has 0 aromatic heterocycles. The predicted molar refractivity (Wildman–Crippen MR) is 69.1 cm³/mol. The standard InChI is InChI=1S/C15H21N/c1-3-14-11(2)10-13-7-4-6-12-8-5-9-16(14)15(12)13/h4,6-7,11,14H,3,5,8-10H2,1-2H3. The largest absolute Gasteiger partial charge is 0.368 e. The minimum absolute atomic E-state index is 0.772. The first-order valence-electron chi connectivity index (χ1n) is 6.68. The average Bonchev–Trinajstić information content (AvgIpc) is 2.30. The highest BCUT2D eigenvalue weighted by atomic mass is 15.2. The topological polar surface area (TPSA) is 3.24 Å². The van der Waals surface area contributed by atoms with Crippen molar-refractivity contribution >= 4 is 5.69 Å².